The maximum absolute atomic E-state index is 13.1. The standard InChI is InChI=1S/C22H20N2O3S/c1-2-27-20-12-13-21(19-11-4-3-10-18(19)20)28(25,26)24-15-17-8-5-7-16-9-6-14-23-22(16)17/h3-14,24H,2,15H2,1H3. The van der Waals surface area contributed by atoms with Gasteiger partial charge in [0, 0.05) is 28.9 Å². The van der Waals surface area contributed by atoms with Gasteiger partial charge in [-0.25, -0.2) is 13.1 Å². The first-order valence-electron chi connectivity index (χ1n) is 9.07. The Hall–Kier alpha value is -2.96. The van der Waals surface area contributed by atoms with E-state index in [0.717, 1.165) is 21.9 Å². The number of nitrogens with zero attached hydrogens (tertiary/aromatic N) is 1. The van der Waals surface area contributed by atoms with Gasteiger partial charge in [0.15, 0.2) is 0 Å². The van der Waals surface area contributed by atoms with Crippen molar-refractivity contribution in [2.45, 2.75) is 18.4 Å². The van der Waals surface area contributed by atoms with Crippen LogP contribution >= 0.6 is 0 Å². The predicted molar refractivity (Wildman–Crippen MR) is 111 cm³/mol. The van der Waals surface area contributed by atoms with Crippen LogP contribution in [0.25, 0.3) is 21.7 Å². The predicted octanol–water partition coefficient (Wildman–Crippen LogP) is 4.27. The molecule has 0 spiro atoms. The summed E-state index contributed by atoms with van der Waals surface area (Å²) in [7, 11) is -3.72. The van der Waals surface area contributed by atoms with E-state index in [0.29, 0.717) is 17.7 Å². The number of sulfonamides is 1. The van der Waals surface area contributed by atoms with Crippen LogP contribution in [0.5, 0.6) is 5.75 Å². The molecule has 0 amide bonds. The second kappa shape index (κ2) is 7.58. The van der Waals surface area contributed by atoms with Crippen LogP contribution in [0.2, 0.25) is 0 Å². The van der Waals surface area contributed by atoms with E-state index < -0.39 is 10.0 Å². The summed E-state index contributed by atoms with van der Waals surface area (Å²) in [6, 6.07) is 20.2. The van der Waals surface area contributed by atoms with E-state index in [2.05, 4.69) is 9.71 Å². The van der Waals surface area contributed by atoms with Crippen LogP contribution in [-0.2, 0) is 16.6 Å². The van der Waals surface area contributed by atoms with Gasteiger partial charge in [-0.1, -0.05) is 48.5 Å². The number of hydrogen-bond donors (Lipinski definition) is 1. The van der Waals surface area contributed by atoms with Crippen molar-refractivity contribution in [1.82, 2.24) is 9.71 Å². The summed E-state index contributed by atoms with van der Waals surface area (Å²) < 4.78 is 34.5. The van der Waals surface area contributed by atoms with Gasteiger partial charge in [-0.15, -0.1) is 0 Å². The highest BCUT2D eigenvalue weighted by molar-refractivity contribution is 7.89. The van der Waals surface area contributed by atoms with Crippen LogP contribution in [0.3, 0.4) is 0 Å². The Morgan fingerprint density at radius 1 is 0.929 bits per heavy atom. The molecule has 0 saturated carbocycles. The van der Waals surface area contributed by atoms with Crippen LogP contribution in [0.4, 0.5) is 0 Å². The molecule has 5 nitrogen and oxygen atoms in total. The molecule has 0 aliphatic carbocycles. The van der Waals surface area contributed by atoms with E-state index in [4.69, 9.17) is 4.74 Å². The fraction of sp³-hybridized carbons (Fsp3) is 0.136. The lowest BCUT2D eigenvalue weighted by Crippen LogP contribution is -2.23. The molecular weight excluding hydrogens is 372 g/mol. The Morgan fingerprint density at radius 2 is 1.71 bits per heavy atom. The van der Waals surface area contributed by atoms with Crippen LogP contribution < -0.4 is 9.46 Å². The third kappa shape index (κ3) is 3.44. The van der Waals surface area contributed by atoms with Gasteiger partial charge in [-0.2, -0.15) is 0 Å². The first-order valence-corrected chi connectivity index (χ1v) is 10.6. The second-order valence-electron chi connectivity index (χ2n) is 6.36. The Bertz CT molecular complexity index is 1250. The van der Waals surface area contributed by atoms with Crippen LogP contribution in [0.15, 0.2) is 77.8 Å². The fourth-order valence-electron chi connectivity index (χ4n) is 3.32. The zero-order chi connectivity index (χ0) is 19.6. The SMILES string of the molecule is CCOc1ccc(S(=O)(=O)NCc2cccc3cccnc23)c2ccccc12. The summed E-state index contributed by atoms with van der Waals surface area (Å²) in [6.07, 6.45) is 1.71. The molecule has 6 heteroatoms. The van der Waals surface area contributed by atoms with Gasteiger partial charge in [-0.05, 0) is 30.7 Å². The molecule has 0 atom stereocenters. The maximum Gasteiger partial charge on any atom is 0.241 e. The quantitative estimate of drug-likeness (QED) is 0.532. The molecule has 0 bridgehead atoms. The molecule has 1 heterocycles. The van der Waals surface area contributed by atoms with Crippen molar-refractivity contribution in [2.24, 2.45) is 0 Å². The summed E-state index contributed by atoms with van der Waals surface area (Å²) in [6.45, 7) is 2.58. The zero-order valence-electron chi connectivity index (χ0n) is 15.4. The van der Waals surface area contributed by atoms with Gasteiger partial charge in [0.25, 0.3) is 0 Å². The highest BCUT2D eigenvalue weighted by Gasteiger charge is 2.19. The van der Waals surface area contributed by atoms with E-state index in [1.54, 1.807) is 24.4 Å². The van der Waals surface area contributed by atoms with Crippen molar-refractivity contribution in [3.63, 3.8) is 0 Å². The van der Waals surface area contributed by atoms with E-state index in [1.807, 2.05) is 55.5 Å². The monoisotopic (exact) mass is 392 g/mol. The molecule has 4 aromatic rings. The molecular formula is C22H20N2O3S. The Labute approximate surface area is 164 Å². The number of pyridine rings is 1. The lowest BCUT2D eigenvalue weighted by molar-refractivity contribution is 0.344. The van der Waals surface area contributed by atoms with Crippen molar-refractivity contribution in [2.75, 3.05) is 6.61 Å². The minimum absolute atomic E-state index is 0.165. The average molecular weight is 392 g/mol. The van der Waals surface area contributed by atoms with Crippen molar-refractivity contribution in [3.05, 3.63) is 78.5 Å². The van der Waals surface area contributed by atoms with Gasteiger partial charge in [0.2, 0.25) is 10.0 Å². The van der Waals surface area contributed by atoms with E-state index in [1.165, 1.54) is 0 Å². The molecule has 28 heavy (non-hydrogen) atoms. The highest BCUT2D eigenvalue weighted by Crippen LogP contribution is 2.31. The van der Waals surface area contributed by atoms with Crippen molar-refractivity contribution >= 4 is 31.7 Å². The summed E-state index contributed by atoms with van der Waals surface area (Å²) >= 11 is 0. The molecule has 0 saturated heterocycles. The Balaban J connectivity index is 1.70. The van der Waals surface area contributed by atoms with Gasteiger partial charge in [0.1, 0.15) is 5.75 Å². The number of benzene rings is 3. The molecule has 142 valence electrons. The highest BCUT2D eigenvalue weighted by atomic mass is 32.2. The van der Waals surface area contributed by atoms with Gasteiger partial charge < -0.3 is 4.74 Å². The van der Waals surface area contributed by atoms with Crippen molar-refractivity contribution < 1.29 is 13.2 Å². The topological polar surface area (TPSA) is 68.3 Å². The first kappa shape index (κ1) is 18.4. The lowest BCUT2D eigenvalue weighted by Gasteiger charge is -2.13. The van der Waals surface area contributed by atoms with E-state index in [9.17, 15) is 8.42 Å². The molecule has 0 unspecified atom stereocenters. The largest absolute Gasteiger partial charge is 0.493 e. The maximum atomic E-state index is 13.1. The fourth-order valence-corrected chi connectivity index (χ4v) is 4.54. The molecule has 4 rings (SSSR count). The summed E-state index contributed by atoms with van der Waals surface area (Å²) in [5.74, 6) is 0.676. The minimum Gasteiger partial charge on any atom is -0.493 e. The number of para-hydroxylation sites is 1. The smallest absolute Gasteiger partial charge is 0.241 e. The molecule has 0 fully saturated rings. The van der Waals surface area contributed by atoms with Crippen LogP contribution in [0.1, 0.15) is 12.5 Å². The molecule has 0 radical (unpaired) electrons. The Kier molecular flexibility index (Phi) is 4.98. The van der Waals surface area contributed by atoms with Gasteiger partial charge in [0.05, 0.1) is 17.0 Å². The number of hydrogen-bond acceptors (Lipinski definition) is 4. The summed E-state index contributed by atoms with van der Waals surface area (Å²) in [5, 5.41) is 2.39. The van der Waals surface area contributed by atoms with E-state index >= 15 is 0 Å². The summed E-state index contributed by atoms with van der Waals surface area (Å²) in [5.41, 5.74) is 1.63. The van der Waals surface area contributed by atoms with Gasteiger partial charge in [-0.3, -0.25) is 4.98 Å². The lowest BCUT2D eigenvalue weighted by atomic mass is 10.1. The molecule has 1 N–H and O–H groups in total. The Morgan fingerprint density at radius 3 is 2.54 bits per heavy atom. The van der Waals surface area contributed by atoms with E-state index in [-0.39, 0.29) is 11.4 Å². The van der Waals surface area contributed by atoms with Crippen LogP contribution in [-0.4, -0.2) is 20.0 Å². The second-order valence-corrected chi connectivity index (χ2v) is 8.09. The normalized spacial score (nSPS) is 11.8. The number of ether oxygens (including phenoxy) is 1. The number of nitrogens with one attached hydrogen (secondary N) is 1. The molecule has 1 aromatic heterocycles. The first-order chi connectivity index (χ1) is 13.6. The molecule has 0 aliphatic heterocycles. The van der Waals surface area contributed by atoms with Crippen LogP contribution in [0, 0.1) is 0 Å². The molecule has 3 aromatic carbocycles. The van der Waals surface area contributed by atoms with Crippen molar-refractivity contribution in [3.8, 4) is 5.75 Å². The average Bonchev–Trinajstić information content (AvgIpc) is 2.72. The van der Waals surface area contributed by atoms with Gasteiger partial charge >= 0.3 is 0 Å². The number of aromatic nitrogens is 1. The zero-order valence-corrected chi connectivity index (χ0v) is 16.2. The minimum atomic E-state index is -3.72. The summed E-state index contributed by atoms with van der Waals surface area (Å²) in [4.78, 5) is 4.62. The third-order valence-corrected chi connectivity index (χ3v) is 6.06. The number of fused-ring (bicyclic) bond motifs is 2. The van der Waals surface area contributed by atoms with Crippen molar-refractivity contribution in [1.29, 1.82) is 0 Å². The molecule has 0 aliphatic rings. The third-order valence-electron chi connectivity index (χ3n) is 4.60. The number of rotatable bonds is 6.